The third-order valence-corrected chi connectivity index (χ3v) is 4.70. The summed E-state index contributed by atoms with van der Waals surface area (Å²) in [6.45, 7) is 5.79. The Morgan fingerprint density at radius 3 is 2.67 bits per heavy atom. The zero-order chi connectivity index (χ0) is 12.4. The maximum atomic E-state index is 3.69. The molecule has 0 aromatic heterocycles. The average molecular weight is 244 g/mol. The van der Waals surface area contributed by atoms with Gasteiger partial charge in [0, 0.05) is 31.2 Å². The Morgan fingerprint density at radius 2 is 1.94 bits per heavy atom. The monoisotopic (exact) mass is 244 g/mol. The van der Waals surface area contributed by atoms with Crippen LogP contribution in [0.25, 0.3) is 0 Å². The number of benzene rings is 1. The van der Waals surface area contributed by atoms with Crippen molar-refractivity contribution in [2.75, 3.05) is 13.1 Å². The second-order valence-electron chi connectivity index (χ2n) is 6.08. The van der Waals surface area contributed by atoms with Gasteiger partial charge in [0.05, 0.1) is 0 Å². The highest BCUT2D eigenvalue weighted by Gasteiger charge is 2.42. The highest BCUT2D eigenvalue weighted by Crippen LogP contribution is 2.37. The van der Waals surface area contributed by atoms with Gasteiger partial charge < -0.3 is 5.32 Å². The molecule has 1 aromatic rings. The standard InChI is InChI=1S/C16H24N2/c1-14-11-18(12-15-7-3-2-4-8-15)16(13-17-14)9-5-6-10-16/h2-4,7-8,14,17H,5-6,9-13H2,1H3. The smallest absolute Gasteiger partial charge is 0.0338 e. The van der Waals surface area contributed by atoms with E-state index in [1.165, 1.54) is 44.3 Å². The average Bonchev–Trinajstić information content (AvgIpc) is 2.85. The molecule has 1 atom stereocenters. The molecule has 98 valence electrons. The molecule has 0 bridgehead atoms. The summed E-state index contributed by atoms with van der Waals surface area (Å²) < 4.78 is 0. The molecule has 1 saturated heterocycles. The molecule has 1 saturated carbocycles. The quantitative estimate of drug-likeness (QED) is 0.860. The van der Waals surface area contributed by atoms with Gasteiger partial charge in [-0.2, -0.15) is 0 Å². The number of hydrogen-bond acceptors (Lipinski definition) is 2. The molecule has 1 N–H and O–H groups in total. The van der Waals surface area contributed by atoms with Crippen molar-refractivity contribution in [3.8, 4) is 0 Å². The van der Waals surface area contributed by atoms with Crippen LogP contribution in [0, 0.1) is 0 Å². The SMILES string of the molecule is CC1CN(Cc2ccccc2)C2(CCCC2)CN1. The molecule has 1 spiro atoms. The van der Waals surface area contributed by atoms with E-state index in [-0.39, 0.29) is 0 Å². The minimum absolute atomic E-state index is 0.447. The van der Waals surface area contributed by atoms with Crippen LogP contribution >= 0.6 is 0 Å². The van der Waals surface area contributed by atoms with Gasteiger partial charge in [-0.25, -0.2) is 0 Å². The second-order valence-corrected chi connectivity index (χ2v) is 6.08. The van der Waals surface area contributed by atoms with Crippen molar-refractivity contribution in [1.82, 2.24) is 10.2 Å². The first kappa shape index (κ1) is 12.2. The van der Waals surface area contributed by atoms with Crippen LogP contribution in [0.1, 0.15) is 38.2 Å². The van der Waals surface area contributed by atoms with Crippen molar-refractivity contribution < 1.29 is 0 Å². The zero-order valence-electron chi connectivity index (χ0n) is 11.4. The largest absolute Gasteiger partial charge is 0.311 e. The summed E-state index contributed by atoms with van der Waals surface area (Å²) in [7, 11) is 0. The molecular weight excluding hydrogens is 220 g/mol. The third-order valence-electron chi connectivity index (χ3n) is 4.70. The van der Waals surface area contributed by atoms with Crippen LogP contribution in [0.3, 0.4) is 0 Å². The Hall–Kier alpha value is -0.860. The summed E-state index contributed by atoms with van der Waals surface area (Å²) in [6, 6.07) is 11.6. The van der Waals surface area contributed by atoms with E-state index in [9.17, 15) is 0 Å². The number of nitrogens with zero attached hydrogens (tertiary/aromatic N) is 1. The summed E-state index contributed by atoms with van der Waals surface area (Å²) in [6.07, 6.45) is 5.56. The van der Waals surface area contributed by atoms with Gasteiger partial charge in [-0.3, -0.25) is 4.90 Å². The lowest BCUT2D eigenvalue weighted by molar-refractivity contribution is 0.0393. The Balaban J connectivity index is 1.78. The Bertz CT molecular complexity index is 381. The molecule has 2 heteroatoms. The molecule has 18 heavy (non-hydrogen) atoms. The van der Waals surface area contributed by atoms with Crippen molar-refractivity contribution in [2.24, 2.45) is 0 Å². The molecule has 2 fully saturated rings. The topological polar surface area (TPSA) is 15.3 Å². The molecule has 1 heterocycles. The second kappa shape index (κ2) is 5.02. The van der Waals surface area contributed by atoms with Gasteiger partial charge in [0.15, 0.2) is 0 Å². The highest BCUT2D eigenvalue weighted by atomic mass is 15.3. The molecule has 2 nitrogen and oxygen atoms in total. The van der Waals surface area contributed by atoms with E-state index in [2.05, 4.69) is 47.5 Å². The molecular formula is C16H24N2. The first-order valence-corrected chi connectivity index (χ1v) is 7.31. The predicted molar refractivity (Wildman–Crippen MR) is 75.5 cm³/mol. The third kappa shape index (κ3) is 2.32. The maximum Gasteiger partial charge on any atom is 0.0338 e. The van der Waals surface area contributed by atoms with E-state index >= 15 is 0 Å². The summed E-state index contributed by atoms with van der Waals surface area (Å²) in [5.74, 6) is 0. The Labute approximate surface area is 110 Å². The lowest BCUT2D eigenvalue weighted by atomic mass is 9.90. The van der Waals surface area contributed by atoms with Gasteiger partial charge in [0.25, 0.3) is 0 Å². The van der Waals surface area contributed by atoms with Gasteiger partial charge in [0.2, 0.25) is 0 Å². The van der Waals surface area contributed by atoms with Crippen LogP contribution in [-0.4, -0.2) is 29.6 Å². The minimum Gasteiger partial charge on any atom is -0.311 e. The summed E-state index contributed by atoms with van der Waals surface area (Å²) >= 11 is 0. The van der Waals surface area contributed by atoms with E-state index in [4.69, 9.17) is 0 Å². The number of rotatable bonds is 2. The van der Waals surface area contributed by atoms with Gasteiger partial charge in [-0.15, -0.1) is 0 Å². The molecule has 1 aliphatic heterocycles. The van der Waals surface area contributed by atoms with Crippen LogP contribution in [-0.2, 0) is 6.54 Å². The number of nitrogens with one attached hydrogen (secondary N) is 1. The molecule has 0 amide bonds. The van der Waals surface area contributed by atoms with Crippen molar-refractivity contribution in [1.29, 1.82) is 0 Å². The highest BCUT2D eigenvalue weighted by molar-refractivity contribution is 5.16. The molecule has 1 aliphatic carbocycles. The van der Waals surface area contributed by atoms with Crippen LogP contribution in [0.2, 0.25) is 0 Å². The van der Waals surface area contributed by atoms with Crippen LogP contribution in [0.5, 0.6) is 0 Å². The van der Waals surface area contributed by atoms with Crippen LogP contribution < -0.4 is 5.32 Å². The fourth-order valence-electron chi connectivity index (χ4n) is 3.63. The van der Waals surface area contributed by atoms with E-state index < -0.39 is 0 Å². The summed E-state index contributed by atoms with van der Waals surface area (Å²) in [4.78, 5) is 2.75. The van der Waals surface area contributed by atoms with Crippen LogP contribution in [0.4, 0.5) is 0 Å². The molecule has 2 aliphatic rings. The van der Waals surface area contributed by atoms with E-state index in [0.29, 0.717) is 11.6 Å². The van der Waals surface area contributed by atoms with Gasteiger partial charge in [-0.05, 0) is 25.3 Å². The van der Waals surface area contributed by atoms with Gasteiger partial charge in [-0.1, -0.05) is 43.2 Å². The van der Waals surface area contributed by atoms with Crippen molar-refractivity contribution in [3.63, 3.8) is 0 Å². The first-order valence-electron chi connectivity index (χ1n) is 7.31. The normalized spacial score (nSPS) is 27.7. The first-order chi connectivity index (χ1) is 8.78. The van der Waals surface area contributed by atoms with Crippen molar-refractivity contribution in [3.05, 3.63) is 35.9 Å². The summed E-state index contributed by atoms with van der Waals surface area (Å²) in [5, 5.41) is 3.69. The molecule has 0 radical (unpaired) electrons. The number of hydrogen-bond donors (Lipinski definition) is 1. The van der Waals surface area contributed by atoms with Crippen molar-refractivity contribution in [2.45, 2.75) is 50.7 Å². The van der Waals surface area contributed by atoms with E-state index in [0.717, 1.165) is 6.54 Å². The lowest BCUT2D eigenvalue weighted by Gasteiger charge is -2.48. The minimum atomic E-state index is 0.447. The Morgan fingerprint density at radius 1 is 1.22 bits per heavy atom. The number of piperazine rings is 1. The lowest BCUT2D eigenvalue weighted by Crippen LogP contribution is -2.62. The Kier molecular flexibility index (Phi) is 3.40. The van der Waals surface area contributed by atoms with Gasteiger partial charge in [0.1, 0.15) is 0 Å². The fourth-order valence-corrected chi connectivity index (χ4v) is 3.63. The van der Waals surface area contributed by atoms with Gasteiger partial charge >= 0.3 is 0 Å². The summed E-state index contributed by atoms with van der Waals surface area (Å²) in [5.41, 5.74) is 1.90. The van der Waals surface area contributed by atoms with E-state index in [1.54, 1.807) is 0 Å². The van der Waals surface area contributed by atoms with Crippen LogP contribution in [0.15, 0.2) is 30.3 Å². The molecule has 1 aromatic carbocycles. The van der Waals surface area contributed by atoms with E-state index in [1.807, 2.05) is 0 Å². The molecule has 3 rings (SSSR count). The maximum absolute atomic E-state index is 3.69. The fraction of sp³-hybridized carbons (Fsp3) is 0.625. The van der Waals surface area contributed by atoms with Crippen molar-refractivity contribution >= 4 is 0 Å². The molecule has 1 unspecified atom stereocenters. The predicted octanol–water partition coefficient (Wildman–Crippen LogP) is 2.79. The zero-order valence-corrected chi connectivity index (χ0v) is 11.4.